The van der Waals surface area contributed by atoms with E-state index < -0.39 is 0 Å². The number of aromatic nitrogens is 1. The van der Waals surface area contributed by atoms with Gasteiger partial charge in [-0.25, -0.2) is 0 Å². The summed E-state index contributed by atoms with van der Waals surface area (Å²) in [6, 6.07) is 8.62. The molecule has 0 radical (unpaired) electrons. The summed E-state index contributed by atoms with van der Waals surface area (Å²) in [5.41, 5.74) is 1.41. The lowest BCUT2D eigenvalue weighted by atomic mass is 10.0. The molecule has 0 saturated heterocycles. The highest BCUT2D eigenvalue weighted by molar-refractivity contribution is 5.81. The van der Waals surface area contributed by atoms with E-state index in [1.807, 2.05) is 0 Å². The standard InChI is InChI=1S/C17H24N2O/c1-17(2,18(3)4)12-19-10-9-13-11-15(7-8-16(13)19)20-14-5-6-14/h7-11,14H,5-6,12H2,1-4H3. The maximum absolute atomic E-state index is 5.86. The van der Waals surface area contributed by atoms with Crippen LogP contribution in [0.15, 0.2) is 30.5 Å². The largest absolute Gasteiger partial charge is 0.490 e. The lowest BCUT2D eigenvalue weighted by Gasteiger charge is -2.33. The molecule has 1 aromatic heterocycles. The van der Waals surface area contributed by atoms with E-state index in [-0.39, 0.29) is 5.54 Å². The molecular weight excluding hydrogens is 248 g/mol. The molecule has 0 bridgehead atoms. The number of hydrogen-bond acceptors (Lipinski definition) is 2. The van der Waals surface area contributed by atoms with Crippen molar-refractivity contribution < 1.29 is 4.74 Å². The van der Waals surface area contributed by atoms with Crippen LogP contribution in [0.3, 0.4) is 0 Å². The number of fused-ring (bicyclic) bond motifs is 1. The summed E-state index contributed by atoms with van der Waals surface area (Å²) in [5, 5.41) is 1.26. The van der Waals surface area contributed by atoms with Crippen LogP contribution in [0.1, 0.15) is 26.7 Å². The van der Waals surface area contributed by atoms with Gasteiger partial charge in [-0.15, -0.1) is 0 Å². The maximum atomic E-state index is 5.86. The minimum Gasteiger partial charge on any atom is -0.490 e. The Labute approximate surface area is 121 Å². The summed E-state index contributed by atoms with van der Waals surface area (Å²) in [7, 11) is 4.26. The topological polar surface area (TPSA) is 17.4 Å². The molecule has 108 valence electrons. The van der Waals surface area contributed by atoms with Crippen LogP contribution in [0.5, 0.6) is 5.75 Å². The summed E-state index contributed by atoms with van der Waals surface area (Å²) >= 11 is 0. The van der Waals surface area contributed by atoms with E-state index in [2.05, 4.69) is 67.9 Å². The molecule has 0 amide bonds. The third-order valence-electron chi connectivity index (χ3n) is 4.34. The van der Waals surface area contributed by atoms with E-state index in [0.717, 1.165) is 12.3 Å². The van der Waals surface area contributed by atoms with Crippen molar-refractivity contribution in [3.8, 4) is 5.75 Å². The highest BCUT2D eigenvalue weighted by Crippen LogP contribution is 2.29. The van der Waals surface area contributed by atoms with Crippen molar-refractivity contribution in [2.45, 2.75) is 44.9 Å². The lowest BCUT2D eigenvalue weighted by molar-refractivity contribution is 0.171. The van der Waals surface area contributed by atoms with Gasteiger partial charge >= 0.3 is 0 Å². The van der Waals surface area contributed by atoms with Gasteiger partial charge in [0, 0.05) is 29.2 Å². The molecule has 1 aromatic carbocycles. The van der Waals surface area contributed by atoms with Crippen LogP contribution in [-0.4, -0.2) is 35.2 Å². The number of benzene rings is 1. The molecule has 1 fully saturated rings. The molecule has 0 N–H and O–H groups in total. The van der Waals surface area contributed by atoms with E-state index in [1.165, 1.54) is 23.7 Å². The highest BCUT2D eigenvalue weighted by Gasteiger charge is 2.24. The third-order valence-corrected chi connectivity index (χ3v) is 4.34. The first-order valence-corrected chi connectivity index (χ1v) is 7.39. The fraction of sp³-hybridized carbons (Fsp3) is 0.529. The summed E-state index contributed by atoms with van der Waals surface area (Å²) in [5.74, 6) is 1.00. The van der Waals surface area contributed by atoms with Gasteiger partial charge in [0.2, 0.25) is 0 Å². The zero-order valence-electron chi connectivity index (χ0n) is 12.9. The smallest absolute Gasteiger partial charge is 0.120 e. The Balaban J connectivity index is 1.85. The van der Waals surface area contributed by atoms with Crippen molar-refractivity contribution in [1.82, 2.24) is 9.47 Å². The van der Waals surface area contributed by atoms with Gasteiger partial charge in [-0.2, -0.15) is 0 Å². The second-order valence-corrected chi connectivity index (χ2v) is 6.69. The van der Waals surface area contributed by atoms with Crippen LogP contribution in [0.25, 0.3) is 10.9 Å². The zero-order chi connectivity index (χ0) is 14.3. The van der Waals surface area contributed by atoms with Crippen LogP contribution in [-0.2, 0) is 6.54 Å². The number of nitrogens with zero attached hydrogens (tertiary/aromatic N) is 2. The van der Waals surface area contributed by atoms with Crippen molar-refractivity contribution in [2.24, 2.45) is 0 Å². The van der Waals surface area contributed by atoms with Gasteiger partial charge in [-0.1, -0.05) is 0 Å². The number of likely N-dealkylation sites (N-methyl/N-ethyl adjacent to an activating group) is 1. The Morgan fingerprint density at radius 1 is 1.25 bits per heavy atom. The molecule has 1 heterocycles. The predicted octanol–water partition coefficient (Wildman–Crippen LogP) is 3.52. The molecule has 0 unspecified atom stereocenters. The van der Waals surface area contributed by atoms with Gasteiger partial charge in [-0.05, 0) is 65.0 Å². The Hall–Kier alpha value is -1.48. The molecule has 0 atom stereocenters. The average Bonchev–Trinajstić information content (AvgIpc) is 3.11. The van der Waals surface area contributed by atoms with E-state index in [9.17, 15) is 0 Å². The van der Waals surface area contributed by atoms with Gasteiger partial charge in [-0.3, -0.25) is 0 Å². The third kappa shape index (κ3) is 2.68. The number of hydrogen-bond donors (Lipinski definition) is 0. The summed E-state index contributed by atoms with van der Waals surface area (Å²) < 4.78 is 8.19. The van der Waals surface area contributed by atoms with Crippen molar-refractivity contribution in [3.63, 3.8) is 0 Å². The molecule has 20 heavy (non-hydrogen) atoms. The number of rotatable bonds is 5. The fourth-order valence-electron chi connectivity index (χ4n) is 2.33. The lowest BCUT2D eigenvalue weighted by Crippen LogP contribution is -2.41. The Bertz CT molecular complexity index is 608. The predicted molar refractivity (Wildman–Crippen MR) is 83.4 cm³/mol. The zero-order valence-corrected chi connectivity index (χ0v) is 12.9. The first kappa shape index (κ1) is 13.5. The first-order chi connectivity index (χ1) is 9.45. The minimum atomic E-state index is 0.134. The molecule has 2 aromatic rings. The molecule has 0 spiro atoms. The molecule has 0 aliphatic heterocycles. The van der Waals surface area contributed by atoms with Gasteiger partial charge in [0.05, 0.1) is 6.10 Å². The first-order valence-electron chi connectivity index (χ1n) is 7.39. The van der Waals surface area contributed by atoms with E-state index in [0.29, 0.717) is 6.10 Å². The van der Waals surface area contributed by atoms with Crippen LogP contribution >= 0.6 is 0 Å². The van der Waals surface area contributed by atoms with Gasteiger partial charge in [0.1, 0.15) is 5.75 Å². The molecule has 3 rings (SSSR count). The summed E-state index contributed by atoms with van der Waals surface area (Å²) in [6.45, 7) is 5.51. The fourth-order valence-corrected chi connectivity index (χ4v) is 2.33. The second kappa shape index (κ2) is 4.81. The minimum absolute atomic E-state index is 0.134. The van der Waals surface area contributed by atoms with Crippen molar-refractivity contribution in [2.75, 3.05) is 14.1 Å². The van der Waals surface area contributed by atoms with E-state index in [1.54, 1.807) is 0 Å². The Morgan fingerprint density at radius 3 is 2.65 bits per heavy atom. The normalized spacial score (nSPS) is 16.1. The Kier molecular flexibility index (Phi) is 3.25. The van der Waals surface area contributed by atoms with Crippen molar-refractivity contribution in [1.29, 1.82) is 0 Å². The average molecular weight is 272 g/mol. The molecule has 1 aliphatic rings. The molecule has 3 heteroatoms. The maximum Gasteiger partial charge on any atom is 0.120 e. The van der Waals surface area contributed by atoms with Crippen LogP contribution in [0, 0.1) is 0 Å². The van der Waals surface area contributed by atoms with Gasteiger partial charge < -0.3 is 14.2 Å². The van der Waals surface area contributed by atoms with E-state index in [4.69, 9.17) is 4.74 Å². The summed E-state index contributed by atoms with van der Waals surface area (Å²) in [6.07, 6.45) is 5.05. The second-order valence-electron chi connectivity index (χ2n) is 6.69. The number of ether oxygens (including phenoxy) is 1. The quantitative estimate of drug-likeness (QED) is 0.828. The molecule has 1 saturated carbocycles. The van der Waals surface area contributed by atoms with Crippen LogP contribution in [0.4, 0.5) is 0 Å². The molecule has 1 aliphatic carbocycles. The highest BCUT2D eigenvalue weighted by atomic mass is 16.5. The summed E-state index contributed by atoms with van der Waals surface area (Å²) in [4.78, 5) is 2.27. The van der Waals surface area contributed by atoms with Crippen molar-refractivity contribution >= 4 is 10.9 Å². The molecular formula is C17H24N2O. The monoisotopic (exact) mass is 272 g/mol. The van der Waals surface area contributed by atoms with Crippen molar-refractivity contribution in [3.05, 3.63) is 30.5 Å². The van der Waals surface area contributed by atoms with Gasteiger partial charge in [0.25, 0.3) is 0 Å². The Morgan fingerprint density at radius 2 is 2.00 bits per heavy atom. The SMILES string of the molecule is CN(C)C(C)(C)Cn1ccc2cc(OC3CC3)ccc21. The molecule has 3 nitrogen and oxygen atoms in total. The van der Waals surface area contributed by atoms with Crippen LogP contribution in [0.2, 0.25) is 0 Å². The van der Waals surface area contributed by atoms with E-state index >= 15 is 0 Å². The van der Waals surface area contributed by atoms with Gasteiger partial charge in [0.15, 0.2) is 0 Å². The van der Waals surface area contributed by atoms with Crippen LogP contribution < -0.4 is 4.74 Å².